The third-order valence-electron chi connectivity index (χ3n) is 4.76. The zero-order valence-corrected chi connectivity index (χ0v) is 15.3. The maximum Gasteiger partial charge on any atom is 0.133 e. The van der Waals surface area contributed by atoms with Crippen LogP contribution in [-0.2, 0) is 11.2 Å². The van der Waals surface area contributed by atoms with Crippen molar-refractivity contribution in [2.24, 2.45) is 5.92 Å². The molecule has 0 N–H and O–H groups in total. The first-order chi connectivity index (χ1) is 11.2. The normalized spacial score (nSPS) is 12.4. The van der Waals surface area contributed by atoms with Crippen LogP contribution >= 0.6 is 0 Å². The molecule has 132 valence electrons. The van der Waals surface area contributed by atoms with E-state index in [1.165, 1.54) is 70.6 Å². The van der Waals surface area contributed by atoms with Crippen molar-refractivity contribution in [2.45, 2.75) is 97.3 Å². The summed E-state index contributed by atoms with van der Waals surface area (Å²) in [6.07, 6.45) is 18.3. The first kappa shape index (κ1) is 20.0. The Labute approximate surface area is 143 Å². The maximum absolute atomic E-state index is 11.7. The first-order valence-corrected chi connectivity index (χ1v) is 9.77. The van der Waals surface area contributed by atoms with Crippen molar-refractivity contribution >= 4 is 5.78 Å². The standard InChI is InChI=1S/C21H36O2/c1-3-4-5-6-7-8-9-10-11-12-13-15-20(19(2)22)18-21-16-14-17-23-21/h14,16-17,20H,3-13,15,18H2,1-2H3. The van der Waals surface area contributed by atoms with Gasteiger partial charge in [-0.25, -0.2) is 0 Å². The van der Waals surface area contributed by atoms with E-state index >= 15 is 0 Å². The van der Waals surface area contributed by atoms with Crippen LogP contribution in [0.3, 0.4) is 0 Å². The van der Waals surface area contributed by atoms with E-state index in [1.54, 1.807) is 13.2 Å². The average molecular weight is 321 g/mol. The summed E-state index contributed by atoms with van der Waals surface area (Å²) in [4.78, 5) is 11.7. The van der Waals surface area contributed by atoms with Crippen molar-refractivity contribution < 1.29 is 9.21 Å². The molecule has 0 aliphatic carbocycles. The van der Waals surface area contributed by atoms with Crippen LogP contribution in [0.4, 0.5) is 0 Å². The zero-order chi connectivity index (χ0) is 16.8. The smallest absolute Gasteiger partial charge is 0.133 e. The van der Waals surface area contributed by atoms with E-state index in [4.69, 9.17) is 4.42 Å². The lowest BCUT2D eigenvalue weighted by atomic mass is 9.93. The van der Waals surface area contributed by atoms with Crippen LogP contribution < -0.4 is 0 Å². The molecule has 0 radical (unpaired) electrons. The second-order valence-corrected chi connectivity index (χ2v) is 6.92. The molecule has 0 spiro atoms. The van der Waals surface area contributed by atoms with E-state index in [0.717, 1.165) is 18.6 Å². The molecule has 1 heterocycles. The van der Waals surface area contributed by atoms with E-state index in [-0.39, 0.29) is 5.92 Å². The van der Waals surface area contributed by atoms with E-state index in [9.17, 15) is 4.79 Å². The summed E-state index contributed by atoms with van der Waals surface area (Å²) < 4.78 is 5.37. The Hall–Kier alpha value is -1.05. The second-order valence-electron chi connectivity index (χ2n) is 6.92. The number of unbranched alkanes of at least 4 members (excludes halogenated alkanes) is 10. The Morgan fingerprint density at radius 1 is 0.957 bits per heavy atom. The molecule has 1 aromatic heterocycles. The van der Waals surface area contributed by atoms with Gasteiger partial charge in [0.05, 0.1) is 6.26 Å². The van der Waals surface area contributed by atoms with Crippen molar-refractivity contribution in [2.75, 3.05) is 0 Å². The minimum Gasteiger partial charge on any atom is -0.469 e. The van der Waals surface area contributed by atoms with Crippen LogP contribution in [0.1, 0.15) is 96.7 Å². The largest absolute Gasteiger partial charge is 0.469 e. The number of Topliss-reactive ketones (excluding diaryl/α,β-unsaturated/α-hetero) is 1. The Morgan fingerprint density at radius 2 is 1.52 bits per heavy atom. The van der Waals surface area contributed by atoms with Gasteiger partial charge in [-0.3, -0.25) is 4.79 Å². The van der Waals surface area contributed by atoms with Crippen LogP contribution in [0.5, 0.6) is 0 Å². The molecule has 0 aliphatic rings. The quantitative estimate of drug-likeness (QED) is 0.335. The molecule has 1 unspecified atom stereocenters. The second kappa shape index (κ2) is 13.4. The van der Waals surface area contributed by atoms with Gasteiger partial charge < -0.3 is 4.42 Å². The molecule has 0 fully saturated rings. The molecule has 2 nitrogen and oxygen atoms in total. The Bertz CT molecular complexity index is 381. The van der Waals surface area contributed by atoms with E-state index < -0.39 is 0 Å². The lowest BCUT2D eigenvalue weighted by Gasteiger charge is -2.12. The summed E-state index contributed by atoms with van der Waals surface area (Å²) in [6, 6.07) is 3.87. The fourth-order valence-electron chi connectivity index (χ4n) is 3.18. The topological polar surface area (TPSA) is 30.2 Å². The molecule has 2 heteroatoms. The van der Waals surface area contributed by atoms with Crippen molar-refractivity contribution in [1.29, 1.82) is 0 Å². The summed E-state index contributed by atoms with van der Waals surface area (Å²) in [6.45, 7) is 3.98. The van der Waals surface area contributed by atoms with Gasteiger partial charge >= 0.3 is 0 Å². The lowest BCUT2D eigenvalue weighted by Crippen LogP contribution is -2.13. The van der Waals surface area contributed by atoms with Crippen LogP contribution in [-0.4, -0.2) is 5.78 Å². The van der Waals surface area contributed by atoms with Crippen LogP contribution in [0.2, 0.25) is 0 Å². The molecule has 23 heavy (non-hydrogen) atoms. The van der Waals surface area contributed by atoms with Gasteiger partial charge in [0.25, 0.3) is 0 Å². The first-order valence-electron chi connectivity index (χ1n) is 9.77. The van der Waals surface area contributed by atoms with E-state index in [2.05, 4.69) is 6.92 Å². The Kier molecular flexibility index (Phi) is 11.6. The van der Waals surface area contributed by atoms with E-state index in [0.29, 0.717) is 5.78 Å². The summed E-state index contributed by atoms with van der Waals surface area (Å²) in [7, 11) is 0. The lowest BCUT2D eigenvalue weighted by molar-refractivity contribution is -0.121. The molecule has 0 saturated carbocycles. The molecule has 0 saturated heterocycles. The highest BCUT2D eigenvalue weighted by molar-refractivity contribution is 5.78. The highest BCUT2D eigenvalue weighted by Gasteiger charge is 2.15. The molecule has 0 bridgehead atoms. The highest BCUT2D eigenvalue weighted by atomic mass is 16.3. The SMILES string of the molecule is CCCCCCCCCCCCCC(Cc1ccco1)C(C)=O. The summed E-state index contributed by atoms with van der Waals surface area (Å²) >= 11 is 0. The number of hydrogen-bond acceptors (Lipinski definition) is 2. The number of hydrogen-bond donors (Lipinski definition) is 0. The maximum atomic E-state index is 11.7. The average Bonchev–Trinajstić information content (AvgIpc) is 3.04. The molecule has 0 amide bonds. The molecule has 1 atom stereocenters. The van der Waals surface area contributed by atoms with Gasteiger partial charge in [-0.2, -0.15) is 0 Å². The summed E-state index contributed by atoms with van der Waals surface area (Å²) in [5, 5.41) is 0. The number of carbonyl (C=O) groups excluding carboxylic acids is 1. The molecule has 0 aliphatic heterocycles. The summed E-state index contributed by atoms with van der Waals surface area (Å²) in [5.41, 5.74) is 0. The predicted molar refractivity (Wildman–Crippen MR) is 97.7 cm³/mol. The molecule has 1 aromatic rings. The minimum absolute atomic E-state index is 0.139. The summed E-state index contributed by atoms with van der Waals surface area (Å²) in [5.74, 6) is 1.38. The van der Waals surface area contributed by atoms with Crippen molar-refractivity contribution in [3.05, 3.63) is 24.2 Å². The van der Waals surface area contributed by atoms with Crippen LogP contribution in [0, 0.1) is 5.92 Å². The van der Waals surface area contributed by atoms with Gasteiger partial charge in [0.1, 0.15) is 11.5 Å². The van der Waals surface area contributed by atoms with Gasteiger partial charge in [-0.1, -0.05) is 77.6 Å². The third-order valence-corrected chi connectivity index (χ3v) is 4.76. The number of furan rings is 1. The number of carbonyl (C=O) groups is 1. The van der Waals surface area contributed by atoms with Crippen molar-refractivity contribution in [1.82, 2.24) is 0 Å². The van der Waals surface area contributed by atoms with Crippen molar-refractivity contribution in [3.8, 4) is 0 Å². The van der Waals surface area contributed by atoms with E-state index in [1.807, 2.05) is 12.1 Å². The molecular formula is C21H36O2. The van der Waals surface area contributed by atoms with Crippen LogP contribution in [0.15, 0.2) is 22.8 Å². The number of ketones is 1. The van der Waals surface area contributed by atoms with Crippen LogP contribution in [0.25, 0.3) is 0 Å². The third kappa shape index (κ3) is 10.4. The molecular weight excluding hydrogens is 284 g/mol. The molecule has 0 aromatic carbocycles. The van der Waals surface area contributed by atoms with Gasteiger partial charge in [0, 0.05) is 12.3 Å². The fourth-order valence-corrected chi connectivity index (χ4v) is 3.18. The zero-order valence-electron chi connectivity index (χ0n) is 15.3. The van der Waals surface area contributed by atoms with Crippen molar-refractivity contribution in [3.63, 3.8) is 0 Å². The Morgan fingerprint density at radius 3 is 2.00 bits per heavy atom. The monoisotopic (exact) mass is 320 g/mol. The highest BCUT2D eigenvalue weighted by Crippen LogP contribution is 2.18. The van der Waals surface area contributed by atoms with Gasteiger partial charge in [0.2, 0.25) is 0 Å². The fraction of sp³-hybridized carbons (Fsp3) is 0.762. The van der Waals surface area contributed by atoms with Gasteiger partial charge in [0.15, 0.2) is 0 Å². The molecule has 1 rings (SSSR count). The Balaban J connectivity index is 1.97. The number of rotatable bonds is 15. The van der Waals surface area contributed by atoms with Gasteiger partial charge in [-0.15, -0.1) is 0 Å². The van der Waals surface area contributed by atoms with Gasteiger partial charge in [-0.05, 0) is 25.5 Å². The minimum atomic E-state index is 0.139. The predicted octanol–water partition coefficient (Wildman–Crippen LogP) is 6.73.